The van der Waals surface area contributed by atoms with Crippen LogP contribution < -0.4 is 10.2 Å². The molecule has 0 radical (unpaired) electrons. The number of ether oxygens (including phenoxy) is 1. The van der Waals surface area contributed by atoms with Gasteiger partial charge in [-0.1, -0.05) is 26.0 Å². The van der Waals surface area contributed by atoms with Gasteiger partial charge in [0.1, 0.15) is 0 Å². The molecule has 0 heterocycles. The van der Waals surface area contributed by atoms with Crippen LogP contribution in [0.5, 0.6) is 0 Å². The molecule has 0 aliphatic rings. The van der Waals surface area contributed by atoms with Gasteiger partial charge in [0.25, 0.3) is 0 Å². The van der Waals surface area contributed by atoms with Crippen LogP contribution in [0.2, 0.25) is 0 Å². The Bertz CT molecular complexity index is 360. The van der Waals surface area contributed by atoms with E-state index >= 15 is 0 Å². The zero-order chi connectivity index (χ0) is 15.0. The van der Waals surface area contributed by atoms with Crippen LogP contribution in [0.15, 0.2) is 24.3 Å². The van der Waals surface area contributed by atoms with Crippen molar-refractivity contribution in [2.24, 2.45) is 5.92 Å². The van der Waals surface area contributed by atoms with Crippen molar-refractivity contribution in [3.05, 3.63) is 29.8 Å². The Morgan fingerprint density at radius 3 is 2.25 bits per heavy atom. The molecule has 1 aromatic carbocycles. The summed E-state index contributed by atoms with van der Waals surface area (Å²) in [5, 5.41) is 3.37. The fraction of sp³-hybridized carbons (Fsp3) is 0.647. The van der Waals surface area contributed by atoms with Gasteiger partial charge in [-0.05, 0) is 37.5 Å². The van der Waals surface area contributed by atoms with Gasteiger partial charge in [0.15, 0.2) is 0 Å². The van der Waals surface area contributed by atoms with Gasteiger partial charge in [-0.3, -0.25) is 0 Å². The molecular weight excluding hydrogens is 248 g/mol. The van der Waals surface area contributed by atoms with Crippen molar-refractivity contribution in [3.63, 3.8) is 0 Å². The maximum Gasteiger partial charge on any atom is 0.0587 e. The molecule has 0 unspecified atom stereocenters. The van der Waals surface area contributed by atoms with Crippen LogP contribution >= 0.6 is 0 Å². The second-order valence-electron chi connectivity index (χ2n) is 5.98. The Morgan fingerprint density at radius 2 is 1.75 bits per heavy atom. The zero-order valence-corrected chi connectivity index (χ0v) is 13.6. The van der Waals surface area contributed by atoms with E-state index in [1.807, 2.05) is 0 Å². The molecule has 0 amide bonds. The van der Waals surface area contributed by atoms with E-state index in [2.05, 4.69) is 62.2 Å². The van der Waals surface area contributed by atoms with Crippen LogP contribution in [-0.4, -0.2) is 32.8 Å². The molecule has 0 aliphatic carbocycles. The molecule has 0 bridgehead atoms. The first-order valence-electron chi connectivity index (χ1n) is 7.59. The number of nitrogens with zero attached hydrogens (tertiary/aromatic N) is 1. The molecule has 20 heavy (non-hydrogen) atoms. The van der Waals surface area contributed by atoms with Gasteiger partial charge in [0.05, 0.1) is 6.61 Å². The first-order chi connectivity index (χ1) is 9.54. The number of rotatable bonds is 9. The van der Waals surface area contributed by atoms with Gasteiger partial charge in [0.2, 0.25) is 0 Å². The number of methoxy groups -OCH3 is 1. The standard InChI is InChI=1S/C17H30N2O/c1-14(2)13-19(15(3)4)17-8-6-16(7-9-17)12-18-10-11-20-5/h6-9,14-15,18H,10-13H2,1-5H3. The van der Waals surface area contributed by atoms with Gasteiger partial charge in [-0.2, -0.15) is 0 Å². The first kappa shape index (κ1) is 17.0. The molecule has 0 saturated carbocycles. The van der Waals surface area contributed by atoms with Gasteiger partial charge in [-0.15, -0.1) is 0 Å². The van der Waals surface area contributed by atoms with E-state index in [9.17, 15) is 0 Å². The quantitative estimate of drug-likeness (QED) is 0.702. The van der Waals surface area contributed by atoms with E-state index in [-0.39, 0.29) is 0 Å². The van der Waals surface area contributed by atoms with E-state index < -0.39 is 0 Å². The lowest BCUT2D eigenvalue weighted by Crippen LogP contribution is -2.34. The van der Waals surface area contributed by atoms with Crippen LogP contribution in [0.4, 0.5) is 5.69 Å². The van der Waals surface area contributed by atoms with Gasteiger partial charge < -0.3 is 15.0 Å². The summed E-state index contributed by atoms with van der Waals surface area (Å²) in [6, 6.07) is 9.42. The second-order valence-corrected chi connectivity index (χ2v) is 5.98. The highest BCUT2D eigenvalue weighted by Crippen LogP contribution is 2.19. The number of nitrogens with one attached hydrogen (secondary N) is 1. The Morgan fingerprint density at radius 1 is 1.10 bits per heavy atom. The van der Waals surface area contributed by atoms with E-state index in [0.717, 1.165) is 26.2 Å². The summed E-state index contributed by atoms with van der Waals surface area (Å²) in [4.78, 5) is 2.47. The molecular formula is C17H30N2O. The molecule has 0 atom stereocenters. The summed E-state index contributed by atoms with van der Waals surface area (Å²) >= 11 is 0. The Hall–Kier alpha value is -1.06. The van der Waals surface area contributed by atoms with Crippen molar-refractivity contribution in [2.75, 3.05) is 31.7 Å². The van der Waals surface area contributed by atoms with Crippen molar-refractivity contribution in [1.29, 1.82) is 0 Å². The topological polar surface area (TPSA) is 24.5 Å². The van der Waals surface area contributed by atoms with Crippen LogP contribution in [0.25, 0.3) is 0 Å². The first-order valence-corrected chi connectivity index (χ1v) is 7.59. The molecule has 0 spiro atoms. The van der Waals surface area contributed by atoms with Gasteiger partial charge in [-0.25, -0.2) is 0 Å². The number of hydrogen-bond acceptors (Lipinski definition) is 3. The fourth-order valence-corrected chi connectivity index (χ4v) is 2.22. The summed E-state index contributed by atoms with van der Waals surface area (Å²) < 4.78 is 5.02. The minimum atomic E-state index is 0.531. The molecule has 114 valence electrons. The second kappa shape index (κ2) is 8.98. The van der Waals surface area contributed by atoms with Crippen LogP contribution in [-0.2, 0) is 11.3 Å². The Balaban J connectivity index is 2.59. The molecule has 1 aromatic rings. The van der Waals surface area contributed by atoms with Crippen molar-refractivity contribution in [3.8, 4) is 0 Å². The van der Waals surface area contributed by atoms with Crippen LogP contribution in [0.3, 0.4) is 0 Å². The average Bonchev–Trinajstić information content (AvgIpc) is 2.41. The number of anilines is 1. The highest BCUT2D eigenvalue weighted by Gasteiger charge is 2.11. The number of benzene rings is 1. The average molecular weight is 278 g/mol. The maximum atomic E-state index is 5.02. The highest BCUT2D eigenvalue weighted by atomic mass is 16.5. The third kappa shape index (κ3) is 5.93. The lowest BCUT2D eigenvalue weighted by Gasteiger charge is -2.31. The molecule has 0 saturated heterocycles. The molecule has 0 aromatic heterocycles. The van der Waals surface area contributed by atoms with Crippen molar-refractivity contribution < 1.29 is 4.74 Å². The monoisotopic (exact) mass is 278 g/mol. The van der Waals surface area contributed by atoms with Crippen LogP contribution in [0.1, 0.15) is 33.3 Å². The Kier molecular flexibility index (Phi) is 7.63. The molecule has 1 rings (SSSR count). The van der Waals surface area contributed by atoms with Gasteiger partial charge in [0, 0.05) is 38.5 Å². The summed E-state index contributed by atoms with van der Waals surface area (Å²) in [5.41, 5.74) is 2.63. The molecule has 3 nitrogen and oxygen atoms in total. The summed E-state index contributed by atoms with van der Waals surface area (Å²) in [5.74, 6) is 0.674. The van der Waals surface area contributed by atoms with E-state index in [1.54, 1.807) is 7.11 Å². The van der Waals surface area contributed by atoms with Crippen molar-refractivity contribution >= 4 is 5.69 Å². The SMILES string of the molecule is COCCNCc1ccc(N(CC(C)C)C(C)C)cc1. The highest BCUT2D eigenvalue weighted by molar-refractivity contribution is 5.48. The third-order valence-electron chi connectivity index (χ3n) is 3.27. The van der Waals surface area contributed by atoms with E-state index in [0.29, 0.717) is 12.0 Å². The third-order valence-corrected chi connectivity index (χ3v) is 3.27. The number of hydrogen-bond donors (Lipinski definition) is 1. The largest absolute Gasteiger partial charge is 0.383 e. The van der Waals surface area contributed by atoms with Crippen molar-refractivity contribution in [2.45, 2.75) is 40.3 Å². The molecule has 3 heteroatoms. The van der Waals surface area contributed by atoms with E-state index in [4.69, 9.17) is 4.74 Å². The lowest BCUT2D eigenvalue weighted by molar-refractivity contribution is 0.199. The minimum Gasteiger partial charge on any atom is -0.383 e. The van der Waals surface area contributed by atoms with Gasteiger partial charge >= 0.3 is 0 Å². The molecule has 0 aliphatic heterocycles. The maximum absolute atomic E-state index is 5.02. The zero-order valence-electron chi connectivity index (χ0n) is 13.6. The summed E-state index contributed by atoms with van der Waals surface area (Å²) in [7, 11) is 1.73. The molecule has 1 N–H and O–H groups in total. The van der Waals surface area contributed by atoms with Crippen molar-refractivity contribution in [1.82, 2.24) is 5.32 Å². The minimum absolute atomic E-state index is 0.531. The normalized spacial score (nSPS) is 11.3. The smallest absolute Gasteiger partial charge is 0.0587 e. The lowest BCUT2D eigenvalue weighted by atomic mass is 10.1. The summed E-state index contributed by atoms with van der Waals surface area (Å²) in [6.07, 6.45) is 0. The van der Waals surface area contributed by atoms with Crippen LogP contribution in [0, 0.1) is 5.92 Å². The molecule has 0 fully saturated rings. The van der Waals surface area contributed by atoms with E-state index in [1.165, 1.54) is 11.3 Å². The summed E-state index contributed by atoms with van der Waals surface area (Å²) in [6.45, 7) is 12.7. The predicted octanol–water partition coefficient (Wildman–Crippen LogP) is 3.29. The predicted molar refractivity (Wildman–Crippen MR) is 87.3 cm³/mol. The fourth-order valence-electron chi connectivity index (χ4n) is 2.22. The Labute approximate surface area is 124 Å².